The van der Waals surface area contributed by atoms with Crippen molar-refractivity contribution in [2.45, 2.75) is 25.4 Å². The van der Waals surface area contributed by atoms with E-state index in [4.69, 9.17) is 6.42 Å². The van der Waals surface area contributed by atoms with Crippen LogP contribution in [0.15, 0.2) is 18.3 Å². The number of piperidine rings is 1. The van der Waals surface area contributed by atoms with Gasteiger partial charge in [-0.05, 0) is 25.0 Å². The molecule has 3 rings (SSSR count). The first-order chi connectivity index (χ1) is 10.7. The molecule has 3 atom stereocenters. The Kier molecular flexibility index (Phi) is 4.30. The molecule has 1 saturated carbocycles. The lowest BCUT2D eigenvalue weighted by Crippen LogP contribution is -2.51. The minimum atomic E-state index is -0.206. The molecule has 1 aliphatic carbocycles. The number of aromatic nitrogens is 1. The number of rotatable bonds is 3. The van der Waals surface area contributed by atoms with Crippen molar-refractivity contribution < 1.29 is 9.90 Å². The molecule has 1 unspecified atom stereocenters. The highest BCUT2D eigenvalue weighted by atomic mass is 16.3. The van der Waals surface area contributed by atoms with Crippen LogP contribution in [0.25, 0.3) is 0 Å². The van der Waals surface area contributed by atoms with E-state index >= 15 is 0 Å². The maximum atomic E-state index is 11.8. The van der Waals surface area contributed by atoms with E-state index in [1.807, 2.05) is 6.07 Å². The van der Waals surface area contributed by atoms with Crippen molar-refractivity contribution in [3.05, 3.63) is 23.9 Å². The minimum absolute atomic E-state index is 0.168. The number of pyridine rings is 1. The molecule has 1 saturated heterocycles. The molecule has 1 aromatic rings. The van der Waals surface area contributed by atoms with E-state index in [2.05, 4.69) is 21.1 Å². The van der Waals surface area contributed by atoms with Crippen molar-refractivity contribution in [1.82, 2.24) is 10.3 Å². The van der Waals surface area contributed by atoms with Gasteiger partial charge in [-0.1, -0.05) is 12.3 Å². The molecule has 0 spiro atoms. The van der Waals surface area contributed by atoms with Gasteiger partial charge in [-0.3, -0.25) is 4.79 Å². The van der Waals surface area contributed by atoms with Crippen molar-refractivity contribution in [2.24, 2.45) is 11.8 Å². The normalized spacial score (nSPS) is 27.1. The molecule has 5 heteroatoms. The van der Waals surface area contributed by atoms with E-state index in [9.17, 15) is 9.90 Å². The zero-order valence-electron chi connectivity index (χ0n) is 12.5. The van der Waals surface area contributed by atoms with Crippen LogP contribution in [0, 0.1) is 24.2 Å². The monoisotopic (exact) mass is 299 g/mol. The van der Waals surface area contributed by atoms with Gasteiger partial charge in [-0.2, -0.15) is 0 Å². The molecule has 2 fully saturated rings. The number of nitrogens with zero attached hydrogens (tertiary/aromatic N) is 2. The van der Waals surface area contributed by atoms with E-state index in [0.29, 0.717) is 17.4 Å². The molecule has 2 bridgehead atoms. The minimum Gasteiger partial charge on any atom is -0.392 e. The number of carbonyl (C=O) groups excluding carboxylic acids is 1. The molecule has 5 nitrogen and oxygen atoms in total. The van der Waals surface area contributed by atoms with Crippen molar-refractivity contribution in [1.29, 1.82) is 0 Å². The number of aliphatic hydroxyl groups excluding tert-OH is 1. The Hall–Kier alpha value is -2.06. The number of anilines is 1. The largest absolute Gasteiger partial charge is 0.392 e. The summed E-state index contributed by atoms with van der Waals surface area (Å²) in [6.45, 7) is 1.90. The number of nitrogens with one attached hydrogen (secondary N) is 1. The fraction of sp³-hybridized carbons (Fsp3) is 0.529. The second-order valence-electron chi connectivity index (χ2n) is 6.14. The summed E-state index contributed by atoms with van der Waals surface area (Å²) in [5.41, 5.74) is 0.510. The lowest BCUT2D eigenvalue weighted by molar-refractivity contribution is 0.00580. The highest BCUT2D eigenvalue weighted by Gasteiger charge is 2.38. The highest BCUT2D eigenvalue weighted by Crippen LogP contribution is 2.36. The number of aliphatic hydroxyl groups is 1. The van der Waals surface area contributed by atoms with E-state index in [0.717, 1.165) is 31.7 Å². The topological polar surface area (TPSA) is 65.5 Å². The van der Waals surface area contributed by atoms with Crippen LogP contribution in [-0.2, 0) is 0 Å². The molecule has 0 aromatic carbocycles. The average Bonchev–Trinajstić information content (AvgIpc) is 2.52. The maximum Gasteiger partial charge on any atom is 0.253 e. The first-order valence-electron chi connectivity index (χ1n) is 7.79. The molecule has 2 N–H and O–H groups in total. The summed E-state index contributed by atoms with van der Waals surface area (Å²) < 4.78 is 0. The van der Waals surface area contributed by atoms with Crippen LogP contribution in [-0.4, -0.2) is 41.7 Å². The second kappa shape index (κ2) is 6.37. The van der Waals surface area contributed by atoms with E-state index < -0.39 is 0 Å². The quantitative estimate of drug-likeness (QED) is 0.819. The molecule has 2 heterocycles. The molecule has 1 amide bonds. The number of carbonyl (C=O) groups is 1. The third kappa shape index (κ3) is 2.93. The van der Waals surface area contributed by atoms with Gasteiger partial charge in [0, 0.05) is 31.1 Å². The molecule has 2 aliphatic rings. The SMILES string of the molecule is C#CCNC(=O)c1ccc(N2C[C@H]3CCC[C@@H](C2)C3O)nc1. The van der Waals surface area contributed by atoms with Gasteiger partial charge in [0.1, 0.15) is 5.82 Å². The third-order valence-corrected chi connectivity index (χ3v) is 4.71. The molecule has 22 heavy (non-hydrogen) atoms. The lowest BCUT2D eigenvalue weighted by atomic mass is 9.75. The maximum absolute atomic E-state index is 11.8. The lowest BCUT2D eigenvalue weighted by Gasteiger charge is -2.45. The molecular formula is C17H21N3O2. The number of hydrogen-bond donors (Lipinski definition) is 2. The Morgan fingerprint density at radius 3 is 2.73 bits per heavy atom. The molecule has 0 radical (unpaired) electrons. The second-order valence-corrected chi connectivity index (χ2v) is 6.14. The van der Waals surface area contributed by atoms with Gasteiger partial charge in [-0.25, -0.2) is 4.98 Å². The van der Waals surface area contributed by atoms with Crippen molar-refractivity contribution in [3.63, 3.8) is 0 Å². The number of fused-ring (bicyclic) bond motifs is 2. The molecular weight excluding hydrogens is 278 g/mol. The Labute approximate surface area is 130 Å². The zero-order chi connectivity index (χ0) is 15.5. The Balaban J connectivity index is 1.68. The summed E-state index contributed by atoms with van der Waals surface area (Å²) in [6, 6.07) is 3.65. The first kappa shape index (κ1) is 14.9. The van der Waals surface area contributed by atoms with Crippen LogP contribution in [0.1, 0.15) is 29.6 Å². The van der Waals surface area contributed by atoms with Gasteiger partial charge in [0.15, 0.2) is 0 Å². The summed E-state index contributed by atoms with van der Waals surface area (Å²) in [6.07, 6.45) is 9.92. The fourth-order valence-corrected chi connectivity index (χ4v) is 3.54. The van der Waals surface area contributed by atoms with Gasteiger partial charge in [0.25, 0.3) is 5.91 Å². The number of amides is 1. The first-order valence-corrected chi connectivity index (χ1v) is 7.79. The van der Waals surface area contributed by atoms with Crippen LogP contribution < -0.4 is 10.2 Å². The predicted octanol–water partition coefficient (Wildman–Crippen LogP) is 1.04. The molecule has 1 aliphatic heterocycles. The predicted molar refractivity (Wildman–Crippen MR) is 84.5 cm³/mol. The van der Waals surface area contributed by atoms with E-state index in [1.165, 1.54) is 6.42 Å². The van der Waals surface area contributed by atoms with Crippen molar-refractivity contribution in [3.8, 4) is 12.3 Å². The Morgan fingerprint density at radius 1 is 1.41 bits per heavy atom. The average molecular weight is 299 g/mol. The third-order valence-electron chi connectivity index (χ3n) is 4.71. The standard InChI is InChI=1S/C17H21N3O2/c1-2-8-18-17(22)12-6-7-15(19-9-12)20-10-13-4-3-5-14(11-20)16(13)21/h1,6-7,9,13-14,16,21H,3-5,8,10-11H2,(H,18,22)/t13-,14+,16?. The Bertz CT molecular complexity index is 565. The van der Waals surface area contributed by atoms with Crippen LogP contribution >= 0.6 is 0 Å². The van der Waals surface area contributed by atoms with Crippen LogP contribution in [0.5, 0.6) is 0 Å². The van der Waals surface area contributed by atoms with Gasteiger partial charge in [0.05, 0.1) is 18.2 Å². The van der Waals surface area contributed by atoms with Gasteiger partial charge in [-0.15, -0.1) is 6.42 Å². The number of terminal acetylenes is 1. The van der Waals surface area contributed by atoms with E-state index in [1.54, 1.807) is 12.3 Å². The fourth-order valence-electron chi connectivity index (χ4n) is 3.54. The van der Waals surface area contributed by atoms with Crippen LogP contribution in [0.3, 0.4) is 0 Å². The summed E-state index contributed by atoms with van der Waals surface area (Å²) in [5.74, 6) is 3.72. The summed E-state index contributed by atoms with van der Waals surface area (Å²) in [4.78, 5) is 18.4. The summed E-state index contributed by atoms with van der Waals surface area (Å²) in [5, 5.41) is 12.9. The summed E-state index contributed by atoms with van der Waals surface area (Å²) >= 11 is 0. The molecule has 116 valence electrons. The van der Waals surface area contributed by atoms with Crippen LogP contribution in [0.2, 0.25) is 0 Å². The molecule has 1 aromatic heterocycles. The van der Waals surface area contributed by atoms with Crippen molar-refractivity contribution in [2.75, 3.05) is 24.5 Å². The Morgan fingerprint density at radius 2 is 2.14 bits per heavy atom. The summed E-state index contributed by atoms with van der Waals surface area (Å²) in [7, 11) is 0. The van der Waals surface area contributed by atoms with Crippen LogP contribution in [0.4, 0.5) is 5.82 Å². The van der Waals surface area contributed by atoms with Crippen molar-refractivity contribution >= 4 is 11.7 Å². The van der Waals surface area contributed by atoms with Gasteiger partial charge >= 0.3 is 0 Å². The smallest absolute Gasteiger partial charge is 0.253 e. The zero-order valence-corrected chi connectivity index (χ0v) is 12.5. The van der Waals surface area contributed by atoms with E-state index in [-0.39, 0.29) is 18.6 Å². The van der Waals surface area contributed by atoms with Gasteiger partial charge in [0.2, 0.25) is 0 Å². The van der Waals surface area contributed by atoms with Gasteiger partial charge < -0.3 is 15.3 Å². The number of hydrogen-bond acceptors (Lipinski definition) is 4. The highest BCUT2D eigenvalue weighted by molar-refractivity contribution is 5.94.